The van der Waals surface area contributed by atoms with Crippen LogP contribution in [0.2, 0.25) is 5.02 Å². The van der Waals surface area contributed by atoms with E-state index in [2.05, 4.69) is 0 Å². The molecule has 10 heteroatoms. The van der Waals surface area contributed by atoms with Gasteiger partial charge in [0, 0.05) is 27.3 Å². The second-order valence-electron chi connectivity index (χ2n) is 10.0. The highest BCUT2D eigenvalue weighted by atomic mass is 35.5. The number of fused-ring (bicyclic) bond motifs is 2. The first-order valence-corrected chi connectivity index (χ1v) is 13.4. The summed E-state index contributed by atoms with van der Waals surface area (Å²) in [5, 5.41) is -0.815. The Balaban J connectivity index is 1.77. The van der Waals surface area contributed by atoms with E-state index in [0.29, 0.717) is 5.02 Å². The van der Waals surface area contributed by atoms with E-state index >= 15 is 0 Å². The summed E-state index contributed by atoms with van der Waals surface area (Å²) >= 11 is 6.01. The van der Waals surface area contributed by atoms with Gasteiger partial charge in [0.2, 0.25) is 0 Å². The molecule has 0 aliphatic heterocycles. The van der Waals surface area contributed by atoms with E-state index in [9.17, 15) is 33.6 Å². The fourth-order valence-corrected chi connectivity index (χ4v) is 5.41. The van der Waals surface area contributed by atoms with Crippen LogP contribution in [0.4, 0.5) is 0 Å². The van der Waals surface area contributed by atoms with Gasteiger partial charge in [-0.1, -0.05) is 35.9 Å². The van der Waals surface area contributed by atoms with Crippen LogP contribution in [0.3, 0.4) is 0 Å². The largest absolute Gasteiger partial charge is 0.295 e. The fourth-order valence-electron chi connectivity index (χ4n) is 5.28. The van der Waals surface area contributed by atoms with Crippen molar-refractivity contribution in [3.63, 3.8) is 0 Å². The Hall–Kier alpha value is -5.54. The number of ketones is 3. The minimum Gasteiger partial charge on any atom is -0.295 e. The van der Waals surface area contributed by atoms with Gasteiger partial charge >= 0.3 is 0 Å². The highest BCUT2D eigenvalue weighted by molar-refractivity contribution is 6.31. The van der Waals surface area contributed by atoms with Gasteiger partial charge in [0.15, 0.2) is 17.3 Å². The lowest BCUT2D eigenvalue weighted by Gasteiger charge is -2.05. The van der Waals surface area contributed by atoms with Crippen molar-refractivity contribution in [1.29, 1.82) is 0 Å². The zero-order chi connectivity index (χ0) is 30.7. The lowest BCUT2D eigenvalue weighted by atomic mass is 9.95. The molecular weight excluding hydrogens is 572 g/mol. The van der Waals surface area contributed by atoms with Gasteiger partial charge in [0.05, 0.1) is 32.9 Å². The molecule has 9 nitrogen and oxygen atoms in total. The van der Waals surface area contributed by atoms with Crippen molar-refractivity contribution in [3.05, 3.63) is 148 Å². The van der Waals surface area contributed by atoms with Crippen LogP contribution in [0.5, 0.6) is 0 Å². The van der Waals surface area contributed by atoms with E-state index in [0.717, 1.165) is 15.2 Å². The van der Waals surface area contributed by atoms with Gasteiger partial charge in [-0.2, -0.15) is 0 Å². The van der Waals surface area contributed by atoms with Gasteiger partial charge < -0.3 is 0 Å². The minimum absolute atomic E-state index is 0.0644. The predicted octanol–water partition coefficient (Wildman–Crippen LogP) is 4.18. The van der Waals surface area contributed by atoms with E-state index in [-0.39, 0.29) is 61.2 Å². The molecule has 0 unspecified atom stereocenters. The number of hydrogen-bond acceptors (Lipinski definition) is 7. The molecule has 0 saturated carbocycles. The van der Waals surface area contributed by atoms with E-state index in [1.807, 2.05) is 0 Å². The molecule has 0 fully saturated rings. The van der Waals surface area contributed by atoms with Gasteiger partial charge in [-0.05, 0) is 68.4 Å². The number of Topliss-reactive ketones (excluding diaryl/α,β-unsaturated/α-hetero) is 2. The number of nitrogens with zero attached hydrogens (tertiary/aromatic N) is 2. The molecule has 2 heterocycles. The summed E-state index contributed by atoms with van der Waals surface area (Å²) < 4.78 is 1.63. The molecule has 0 radical (unpaired) electrons. The number of halogens is 1. The van der Waals surface area contributed by atoms with E-state index in [1.165, 1.54) is 86.6 Å². The molecule has 43 heavy (non-hydrogen) atoms. The van der Waals surface area contributed by atoms with E-state index in [4.69, 9.17) is 11.6 Å². The Bertz CT molecular complexity index is 2270. The summed E-state index contributed by atoms with van der Waals surface area (Å²) in [4.78, 5) is 93.5. The molecule has 0 saturated heterocycles. The Morgan fingerprint density at radius 3 is 1.42 bits per heavy atom. The van der Waals surface area contributed by atoms with Crippen LogP contribution >= 0.6 is 11.6 Å². The topological polar surface area (TPSA) is 129 Å². The number of carbonyl (C=O) groups is 3. The van der Waals surface area contributed by atoms with E-state index < -0.39 is 33.6 Å². The van der Waals surface area contributed by atoms with Crippen LogP contribution < -0.4 is 22.2 Å². The zero-order valence-electron chi connectivity index (χ0n) is 22.6. The van der Waals surface area contributed by atoms with Crippen LogP contribution in [0, 0.1) is 0 Å². The number of aromatic nitrogens is 2. The van der Waals surface area contributed by atoms with Crippen molar-refractivity contribution in [3.8, 4) is 11.4 Å². The lowest BCUT2D eigenvalue weighted by Crippen LogP contribution is -2.25. The maximum atomic E-state index is 14.1. The third-order valence-electron chi connectivity index (χ3n) is 7.38. The van der Waals surface area contributed by atoms with Gasteiger partial charge in [-0.15, -0.1) is 0 Å². The highest BCUT2D eigenvalue weighted by Crippen LogP contribution is 2.27. The summed E-state index contributed by atoms with van der Waals surface area (Å²) in [5.74, 6) is -1.35. The van der Waals surface area contributed by atoms with Crippen LogP contribution in [-0.2, 0) is 0 Å². The van der Waals surface area contributed by atoms with Gasteiger partial charge in [-0.25, -0.2) is 9.13 Å². The standard InChI is InChI=1S/C33H19ClN2O7/c1-16(37)19-5-3-7-22(13-19)35-30(40)24-15-25-27(28(26(24)32(35)42)29(39)18-9-11-21(34)12-10-18)33(43)36(31(25)41)23-8-4-6-20(14-23)17(2)38/h3-15H,1-2H3. The van der Waals surface area contributed by atoms with Gasteiger partial charge in [0.25, 0.3) is 22.2 Å². The quantitative estimate of drug-likeness (QED) is 0.266. The molecule has 4 aromatic carbocycles. The molecule has 0 aliphatic rings. The summed E-state index contributed by atoms with van der Waals surface area (Å²) in [6.45, 7) is 2.67. The molecule has 0 spiro atoms. The second kappa shape index (κ2) is 10.1. The van der Waals surface area contributed by atoms with E-state index in [1.54, 1.807) is 0 Å². The first-order valence-electron chi connectivity index (χ1n) is 13.0. The van der Waals surface area contributed by atoms with Crippen molar-refractivity contribution < 1.29 is 14.4 Å². The van der Waals surface area contributed by atoms with Gasteiger partial charge in [0.1, 0.15) is 0 Å². The molecule has 210 valence electrons. The number of rotatable bonds is 6. The summed E-state index contributed by atoms with van der Waals surface area (Å²) in [6, 6.07) is 18.6. The molecule has 0 amide bonds. The summed E-state index contributed by atoms with van der Waals surface area (Å²) in [5.41, 5.74) is -3.09. The number of hydrogen-bond donors (Lipinski definition) is 0. The fraction of sp³-hybridized carbons (Fsp3) is 0.0606. The first kappa shape index (κ1) is 27.6. The average Bonchev–Trinajstić information content (AvgIpc) is 3.40. The van der Waals surface area contributed by atoms with Crippen LogP contribution in [0.25, 0.3) is 32.9 Å². The molecule has 0 bridgehead atoms. The van der Waals surface area contributed by atoms with Crippen molar-refractivity contribution in [2.45, 2.75) is 13.8 Å². The highest BCUT2D eigenvalue weighted by Gasteiger charge is 2.29. The number of carbonyl (C=O) groups excluding carboxylic acids is 3. The molecule has 0 N–H and O–H groups in total. The second-order valence-corrected chi connectivity index (χ2v) is 10.5. The normalized spacial score (nSPS) is 11.3. The third kappa shape index (κ3) is 4.29. The first-order chi connectivity index (χ1) is 20.5. The monoisotopic (exact) mass is 590 g/mol. The minimum atomic E-state index is -0.891. The SMILES string of the molecule is CC(=O)c1cccc(-n2c(=O)c3cc4c(=O)n(-c5cccc(C(C)=O)c5)c(=O)c4c(C(=O)c4ccc(Cl)cc4)c3c2=O)c1. The van der Waals surface area contributed by atoms with Crippen molar-refractivity contribution in [1.82, 2.24) is 9.13 Å². The van der Waals surface area contributed by atoms with Crippen molar-refractivity contribution in [2.24, 2.45) is 0 Å². The lowest BCUT2D eigenvalue weighted by molar-refractivity contribution is 0.100. The Morgan fingerprint density at radius 1 is 0.558 bits per heavy atom. The Labute approximate surface area is 246 Å². The van der Waals surface area contributed by atoms with Crippen LogP contribution in [-0.4, -0.2) is 26.5 Å². The molecule has 2 aromatic heterocycles. The summed E-state index contributed by atoms with van der Waals surface area (Å²) in [7, 11) is 0. The maximum absolute atomic E-state index is 14.1. The average molecular weight is 591 g/mol. The molecule has 6 aromatic rings. The smallest absolute Gasteiger partial charge is 0.266 e. The molecular formula is C33H19ClN2O7. The zero-order valence-corrected chi connectivity index (χ0v) is 23.4. The molecule has 0 aliphatic carbocycles. The maximum Gasteiger partial charge on any atom is 0.266 e. The van der Waals surface area contributed by atoms with Crippen molar-refractivity contribution in [2.75, 3.05) is 0 Å². The molecule has 0 atom stereocenters. The predicted molar refractivity (Wildman–Crippen MR) is 162 cm³/mol. The van der Waals surface area contributed by atoms with Gasteiger partial charge in [-0.3, -0.25) is 33.6 Å². The van der Waals surface area contributed by atoms with Crippen LogP contribution in [0.15, 0.2) is 98.0 Å². The summed E-state index contributed by atoms with van der Waals surface area (Å²) in [6.07, 6.45) is 0. The molecule has 6 rings (SSSR count). The third-order valence-corrected chi connectivity index (χ3v) is 7.64. The van der Waals surface area contributed by atoms with Crippen LogP contribution in [0.1, 0.15) is 50.5 Å². The van der Waals surface area contributed by atoms with Crippen molar-refractivity contribution >= 4 is 50.5 Å². The number of benzene rings is 4. The Morgan fingerprint density at radius 2 is 1.00 bits per heavy atom. The Kier molecular flexibility index (Phi) is 6.47.